The maximum Gasteiger partial charge on any atom is 0.225 e. The van der Waals surface area contributed by atoms with Crippen LogP contribution in [0.25, 0.3) is 0 Å². The Bertz CT molecular complexity index is 763. The van der Waals surface area contributed by atoms with Crippen molar-refractivity contribution in [1.29, 1.82) is 0 Å². The SMILES string of the molecule is CSc1ccccc1NC(=O)CCN1CCN(Cc2ccccc2F)CC1. The van der Waals surface area contributed by atoms with E-state index in [2.05, 4.69) is 15.1 Å². The molecule has 0 bridgehead atoms. The zero-order valence-electron chi connectivity index (χ0n) is 15.7. The second kappa shape index (κ2) is 9.88. The Labute approximate surface area is 164 Å². The molecule has 3 rings (SSSR count). The van der Waals surface area contributed by atoms with E-state index in [9.17, 15) is 9.18 Å². The van der Waals surface area contributed by atoms with E-state index in [4.69, 9.17) is 0 Å². The van der Waals surface area contributed by atoms with Gasteiger partial charge in [-0.3, -0.25) is 9.69 Å². The summed E-state index contributed by atoms with van der Waals surface area (Å²) in [6, 6.07) is 14.8. The Hall–Kier alpha value is -1.89. The van der Waals surface area contributed by atoms with Crippen LogP contribution in [0.3, 0.4) is 0 Å². The summed E-state index contributed by atoms with van der Waals surface area (Å²) in [6.07, 6.45) is 2.49. The maximum atomic E-state index is 13.8. The van der Waals surface area contributed by atoms with Crippen molar-refractivity contribution in [2.24, 2.45) is 0 Å². The quantitative estimate of drug-likeness (QED) is 0.735. The number of anilines is 1. The zero-order valence-corrected chi connectivity index (χ0v) is 16.5. The number of rotatable bonds is 7. The van der Waals surface area contributed by atoms with Crippen molar-refractivity contribution in [1.82, 2.24) is 9.80 Å². The molecule has 0 aliphatic carbocycles. The van der Waals surface area contributed by atoms with Gasteiger partial charge in [0, 0.05) is 56.1 Å². The monoisotopic (exact) mass is 387 g/mol. The fourth-order valence-electron chi connectivity index (χ4n) is 3.26. The van der Waals surface area contributed by atoms with Crippen LogP contribution in [0.4, 0.5) is 10.1 Å². The first-order chi connectivity index (χ1) is 13.2. The van der Waals surface area contributed by atoms with Crippen LogP contribution in [0.2, 0.25) is 0 Å². The molecule has 1 aliphatic heterocycles. The lowest BCUT2D eigenvalue weighted by Crippen LogP contribution is -2.46. The normalized spacial score (nSPS) is 15.6. The number of carbonyl (C=O) groups is 1. The summed E-state index contributed by atoms with van der Waals surface area (Å²) in [4.78, 5) is 17.9. The van der Waals surface area contributed by atoms with Gasteiger partial charge in [0.05, 0.1) is 5.69 Å². The molecule has 0 unspecified atom stereocenters. The number of amides is 1. The molecule has 2 aromatic rings. The number of halogens is 1. The molecule has 2 aromatic carbocycles. The van der Waals surface area contributed by atoms with Gasteiger partial charge in [0.2, 0.25) is 5.91 Å². The van der Waals surface area contributed by atoms with Crippen molar-refractivity contribution >= 4 is 23.4 Å². The van der Waals surface area contributed by atoms with Crippen LogP contribution in [0.1, 0.15) is 12.0 Å². The van der Waals surface area contributed by atoms with Crippen LogP contribution in [0.15, 0.2) is 53.4 Å². The Morgan fingerprint density at radius 2 is 1.70 bits per heavy atom. The summed E-state index contributed by atoms with van der Waals surface area (Å²) in [5.74, 6) is -0.0904. The summed E-state index contributed by atoms with van der Waals surface area (Å²) in [7, 11) is 0. The van der Waals surface area contributed by atoms with Gasteiger partial charge in [0.15, 0.2) is 0 Å². The highest BCUT2D eigenvalue weighted by Crippen LogP contribution is 2.24. The minimum atomic E-state index is -0.137. The third kappa shape index (κ3) is 5.79. The Morgan fingerprint density at radius 1 is 1.04 bits per heavy atom. The minimum Gasteiger partial charge on any atom is -0.325 e. The van der Waals surface area contributed by atoms with Crippen molar-refractivity contribution in [2.75, 3.05) is 44.3 Å². The lowest BCUT2D eigenvalue weighted by atomic mass is 10.2. The smallest absolute Gasteiger partial charge is 0.225 e. The van der Waals surface area contributed by atoms with Crippen molar-refractivity contribution in [3.05, 3.63) is 59.9 Å². The van der Waals surface area contributed by atoms with Gasteiger partial charge in [-0.2, -0.15) is 0 Å². The lowest BCUT2D eigenvalue weighted by Gasteiger charge is -2.34. The van der Waals surface area contributed by atoms with Gasteiger partial charge in [0.1, 0.15) is 5.82 Å². The molecule has 0 spiro atoms. The van der Waals surface area contributed by atoms with Gasteiger partial charge < -0.3 is 10.2 Å². The number of hydrogen-bond acceptors (Lipinski definition) is 4. The number of thioether (sulfide) groups is 1. The predicted molar refractivity (Wildman–Crippen MR) is 110 cm³/mol. The number of nitrogens with zero attached hydrogens (tertiary/aromatic N) is 2. The number of carbonyl (C=O) groups excluding carboxylic acids is 1. The highest BCUT2D eigenvalue weighted by molar-refractivity contribution is 7.98. The molecule has 0 atom stereocenters. The van der Waals surface area contributed by atoms with Gasteiger partial charge >= 0.3 is 0 Å². The summed E-state index contributed by atoms with van der Waals surface area (Å²) in [5, 5.41) is 3.01. The van der Waals surface area contributed by atoms with E-state index < -0.39 is 0 Å². The van der Waals surface area contributed by atoms with Gasteiger partial charge in [0.25, 0.3) is 0 Å². The summed E-state index contributed by atoms with van der Waals surface area (Å²) < 4.78 is 13.8. The second-order valence-corrected chi connectivity index (χ2v) is 7.56. The topological polar surface area (TPSA) is 35.6 Å². The average Bonchev–Trinajstić information content (AvgIpc) is 2.69. The van der Waals surface area contributed by atoms with Crippen molar-refractivity contribution in [3.63, 3.8) is 0 Å². The standard InChI is InChI=1S/C21H26FN3OS/c1-27-20-9-5-4-8-19(20)23-21(26)10-11-24-12-14-25(15-13-24)16-17-6-2-3-7-18(17)22/h2-9H,10-16H2,1H3,(H,23,26). The second-order valence-electron chi connectivity index (χ2n) is 6.71. The first-order valence-electron chi connectivity index (χ1n) is 9.26. The van der Waals surface area contributed by atoms with Crippen LogP contribution in [0.5, 0.6) is 0 Å². The van der Waals surface area contributed by atoms with E-state index in [1.165, 1.54) is 6.07 Å². The molecule has 27 heavy (non-hydrogen) atoms. The van der Waals surface area contributed by atoms with Crippen LogP contribution < -0.4 is 5.32 Å². The summed E-state index contributed by atoms with van der Waals surface area (Å²) in [5.41, 5.74) is 1.63. The Morgan fingerprint density at radius 3 is 2.44 bits per heavy atom. The van der Waals surface area contributed by atoms with Crippen LogP contribution in [-0.4, -0.2) is 54.7 Å². The van der Waals surface area contributed by atoms with Crippen LogP contribution in [0, 0.1) is 5.82 Å². The molecule has 0 saturated carbocycles. The van der Waals surface area contributed by atoms with E-state index in [1.807, 2.05) is 42.7 Å². The van der Waals surface area contributed by atoms with Gasteiger partial charge in [-0.1, -0.05) is 30.3 Å². The fraction of sp³-hybridized carbons (Fsp3) is 0.381. The van der Waals surface area contributed by atoms with E-state index in [1.54, 1.807) is 17.8 Å². The first kappa shape index (κ1) is 19.9. The number of nitrogens with one attached hydrogen (secondary N) is 1. The number of piperazine rings is 1. The van der Waals surface area contributed by atoms with Gasteiger partial charge in [-0.25, -0.2) is 4.39 Å². The third-order valence-electron chi connectivity index (χ3n) is 4.85. The highest BCUT2D eigenvalue weighted by Gasteiger charge is 2.18. The van der Waals surface area contributed by atoms with E-state index in [0.717, 1.165) is 48.9 Å². The minimum absolute atomic E-state index is 0.0466. The average molecular weight is 388 g/mol. The maximum absolute atomic E-state index is 13.8. The summed E-state index contributed by atoms with van der Waals surface area (Å²) in [6.45, 7) is 5.00. The Balaban J connectivity index is 1.40. The lowest BCUT2D eigenvalue weighted by molar-refractivity contribution is -0.116. The molecule has 1 fully saturated rings. The predicted octanol–water partition coefficient (Wildman–Crippen LogP) is 3.69. The van der Waals surface area contributed by atoms with Crippen molar-refractivity contribution in [3.8, 4) is 0 Å². The largest absolute Gasteiger partial charge is 0.325 e. The molecule has 1 N–H and O–H groups in total. The molecule has 1 amide bonds. The molecular weight excluding hydrogens is 361 g/mol. The van der Waals surface area contributed by atoms with Gasteiger partial charge in [-0.15, -0.1) is 11.8 Å². The molecule has 1 saturated heterocycles. The van der Waals surface area contributed by atoms with Gasteiger partial charge in [-0.05, 0) is 24.5 Å². The third-order valence-corrected chi connectivity index (χ3v) is 5.65. The van der Waals surface area contributed by atoms with E-state index >= 15 is 0 Å². The van der Waals surface area contributed by atoms with Crippen molar-refractivity contribution in [2.45, 2.75) is 17.9 Å². The molecule has 144 valence electrons. The zero-order chi connectivity index (χ0) is 19.1. The van der Waals surface area contributed by atoms with Crippen molar-refractivity contribution < 1.29 is 9.18 Å². The van der Waals surface area contributed by atoms with E-state index in [0.29, 0.717) is 13.0 Å². The molecule has 6 heteroatoms. The number of hydrogen-bond donors (Lipinski definition) is 1. The number of benzene rings is 2. The number of para-hydroxylation sites is 1. The highest BCUT2D eigenvalue weighted by atomic mass is 32.2. The van der Waals surface area contributed by atoms with E-state index in [-0.39, 0.29) is 11.7 Å². The molecule has 0 radical (unpaired) electrons. The molecular formula is C21H26FN3OS. The van der Waals surface area contributed by atoms with Crippen LogP contribution >= 0.6 is 11.8 Å². The fourth-order valence-corrected chi connectivity index (χ4v) is 3.81. The first-order valence-corrected chi connectivity index (χ1v) is 10.5. The Kier molecular flexibility index (Phi) is 7.26. The molecule has 4 nitrogen and oxygen atoms in total. The molecule has 0 aromatic heterocycles. The molecule has 1 aliphatic rings. The van der Waals surface area contributed by atoms with Crippen LogP contribution in [-0.2, 0) is 11.3 Å². The summed E-state index contributed by atoms with van der Waals surface area (Å²) >= 11 is 1.63. The molecule has 1 heterocycles.